The third-order valence-corrected chi connectivity index (χ3v) is 1.34. The van der Waals surface area contributed by atoms with Gasteiger partial charge in [0.1, 0.15) is 0 Å². The zero-order chi connectivity index (χ0) is 7.56. The molecule has 1 rings (SSSR count). The van der Waals surface area contributed by atoms with Crippen molar-refractivity contribution in [1.82, 2.24) is 10.6 Å². The molecule has 10 heavy (non-hydrogen) atoms. The summed E-state index contributed by atoms with van der Waals surface area (Å²) in [4.78, 5) is 10.4. The summed E-state index contributed by atoms with van der Waals surface area (Å²) >= 11 is 0. The fourth-order valence-electron chi connectivity index (χ4n) is 0.900. The number of hydrogen-bond donors (Lipinski definition) is 4. The molecule has 0 spiro atoms. The van der Waals surface area contributed by atoms with Gasteiger partial charge in [-0.05, 0) is 0 Å². The van der Waals surface area contributed by atoms with E-state index in [4.69, 9.17) is 10.2 Å². The predicted octanol–water partition coefficient (Wildman–Crippen LogP) is -1.63. The standard InChI is InChI=1S/C5H10N2O3/c8-4(9)1-3-2-6-5(10)7-3/h3-4,8-9H,1-2H2,(H2,6,7,10). The number of carbonyl (C=O) groups excluding carboxylic acids is 1. The maximum Gasteiger partial charge on any atom is 0.315 e. The lowest BCUT2D eigenvalue weighted by molar-refractivity contribution is -0.0493. The van der Waals surface area contributed by atoms with Crippen LogP contribution in [0, 0.1) is 0 Å². The predicted molar refractivity (Wildman–Crippen MR) is 33.2 cm³/mol. The number of carbonyl (C=O) groups is 1. The van der Waals surface area contributed by atoms with E-state index >= 15 is 0 Å². The van der Waals surface area contributed by atoms with Crippen LogP contribution in [0.1, 0.15) is 6.42 Å². The van der Waals surface area contributed by atoms with Gasteiger partial charge in [-0.3, -0.25) is 0 Å². The minimum atomic E-state index is -1.34. The van der Waals surface area contributed by atoms with E-state index in [1.165, 1.54) is 0 Å². The molecule has 0 radical (unpaired) electrons. The summed E-state index contributed by atoms with van der Waals surface area (Å²) in [6, 6.07) is -0.391. The highest BCUT2D eigenvalue weighted by Gasteiger charge is 2.21. The van der Waals surface area contributed by atoms with Gasteiger partial charge < -0.3 is 20.8 Å². The van der Waals surface area contributed by atoms with Crippen molar-refractivity contribution in [2.24, 2.45) is 0 Å². The number of hydrogen-bond acceptors (Lipinski definition) is 3. The van der Waals surface area contributed by atoms with E-state index in [1.54, 1.807) is 0 Å². The van der Waals surface area contributed by atoms with E-state index in [9.17, 15) is 4.79 Å². The molecule has 2 amide bonds. The quantitative estimate of drug-likeness (QED) is 0.353. The van der Waals surface area contributed by atoms with Crippen LogP contribution in [-0.4, -0.2) is 35.1 Å². The molecule has 4 N–H and O–H groups in total. The smallest absolute Gasteiger partial charge is 0.315 e. The molecule has 58 valence electrons. The normalized spacial score (nSPS) is 24.7. The van der Waals surface area contributed by atoms with Crippen molar-refractivity contribution in [3.8, 4) is 0 Å². The molecule has 0 bridgehead atoms. The Kier molecular flexibility index (Phi) is 2.08. The summed E-state index contributed by atoms with van der Waals surface area (Å²) in [5, 5.41) is 22.0. The van der Waals surface area contributed by atoms with E-state index in [2.05, 4.69) is 10.6 Å². The second-order valence-corrected chi connectivity index (χ2v) is 2.27. The second kappa shape index (κ2) is 2.85. The first-order valence-electron chi connectivity index (χ1n) is 3.09. The average molecular weight is 146 g/mol. The van der Waals surface area contributed by atoms with Crippen LogP contribution < -0.4 is 10.6 Å². The van der Waals surface area contributed by atoms with E-state index in [0.29, 0.717) is 6.54 Å². The summed E-state index contributed by atoms with van der Waals surface area (Å²) < 4.78 is 0. The number of urea groups is 1. The van der Waals surface area contributed by atoms with Crippen molar-refractivity contribution in [2.45, 2.75) is 18.8 Å². The van der Waals surface area contributed by atoms with Gasteiger partial charge in [0, 0.05) is 13.0 Å². The number of rotatable bonds is 2. The second-order valence-electron chi connectivity index (χ2n) is 2.27. The zero-order valence-electron chi connectivity index (χ0n) is 5.37. The average Bonchev–Trinajstić information content (AvgIpc) is 2.13. The lowest BCUT2D eigenvalue weighted by Crippen LogP contribution is -2.30. The van der Waals surface area contributed by atoms with Crippen LogP contribution in [0.2, 0.25) is 0 Å². The van der Waals surface area contributed by atoms with Crippen LogP contribution in [0.15, 0.2) is 0 Å². The first-order chi connectivity index (χ1) is 4.68. The van der Waals surface area contributed by atoms with E-state index < -0.39 is 6.29 Å². The highest BCUT2D eigenvalue weighted by molar-refractivity contribution is 5.76. The maximum absolute atomic E-state index is 10.4. The molecule has 5 nitrogen and oxygen atoms in total. The first kappa shape index (κ1) is 7.30. The SMILES string of the molecule is O=C1NCC(CC(O)O)N1. The molecule has 0 aromatic carbocycles. The summed E-state index contributed by atoms with van der Waals surface area (Å²) in [5.74, 6) is 0. The molecule has 0 aliphatic carbocycles. The highest BCUT2D eigenvalue weighted by Crippen LogP contribution is 1.98. The molecule has 1 fully saturated rings. The van der Waals surface area contributed by atoms with E-state index in [-0.39, 0.29) is 18.5 Å². The van der Waals surface area contributed by atoms with Gasteiger partial charge in [-0.15, -0.1) is 0 Å². The van der Waals surface area contributed by atoms with Crippen LogP contribution in [-0.2, 0) is 0 Å². The van der Waals surface area contributed by atoms with E-state index in [0.717, 1.165) is 0 Å². The van der Waals surface area contributed by atoms with Gasteiger partial charge in [0.2, 0.25) is 0 Å². The maximum atomic E-state index is 10.4. The fourth-order valence-corrected chi connectivity index (χ4v) is 0.900. The molecule has 1 unspecified atom stereocenters. The topological polar surface area (TPSA) is 81.6 Å². The van der Waals surface area contributed by atoms with Crippen molar-refractivity contribution >= 4 is 6.03 Å². The summed E-state index contributed by atoms with van der Waals surface area (Å²) in [7, 11) is 0. The van der Waals surface area contributed by atoms with Crippen LogP contribution in [0.5, 0.6) is 0 Å². The molecule has 5 heteroatoms. The minimum absolute atomic E-state index is 0.146. The van der Waals surface area contributed by atoms with Gasteiger partial charge in [-0.2, -0.15) is 0 Å². The number of nitrogens with one attached hydrogen (secondary N) is 2. The zero-order valence-corrected chi connectivity index (χ0v) is 5.37. The Balaban J connectivity index is 2.24. The van der Waals surface area contributed by atoms with Gasteiger partial charge in [0.25, 0.3) is 0 Å². The Labute approximate surface area is 58.0 Å². The molecule has 1 atom stereocenters. The third-order valence-electron chi connectivity index (χ3n) is 1.34. The summed E-state index contributed by atoms with van der Waals surface area (Å²) in [6.07, 6.45) is -1.16. The lowest BCUT2D eigenvalue weighted by Gasteiger charge is -2.08. The third kappa shape index (κ3) is 1.85. The van der Waals surface area contributed by atoms with Crippen molar-refractivity contribution in [3.63, 3.8) is 0 Å². The summed E-state index contributed by atoms with van der Waals surface area (Å²) in [5.41, 5.74) is 0. The largest absolute Gasteiger partial charge is 0.368 e. The van der Waals surface area contributed by atoms with Crippen molar-refractivity contribution in [3.05, 3.63) is 0 Å². The molecule has 0 aromatic rings. The van der Waals surface area contributed by atoms with E-state index in [1.807, 2.05) is 0 Å². The molecule has 1 saturated heterocycles. The van der Waals surface area contributed by atoms with Gasteiger partial charge in [0.15, 0.2) is 6.29 Å². The van der Waals surface area contributed by atoms with Gasteiger partial charge in [0.05, 0.1) is 6.04 Å². The molecular weight excluding hydrogens is 136 g/mol. The number of aliphatic hydroxyl groups is 2. The van der Waals surface area contributed by atoms with Gasteiger partial charge in [-0.25, -0.2) is 4.79 Å². The highest BCUT2D eigenvalue weighted by atomic mass is 16.5. The Morgan fingerprint density at radius 3 is 2.80 bits per heavy atom. The molecule has 1 heterocycles. The monoisotopic (exact) mass is 146 g/mol. The van der Waals surface area contributed by atoms with Gasteiger partial charge in [-0.1, -0.05) is 0 Å². The number of amides is 2. The Hall–Kier alpha value is -0.810. The Bertz CT molecular complexity index is 137. The molecule has 0 aromatic heterocycles. The van der Waals surface area contributed by atoms with Gasteiger partial charge >= 0.3 is 6.03 Å². The van der Waals surface area contributed by atoms with Crippen LogP contribution >= 0.6 is 0 Å². The van der Waals surface area contributed by atoms with Crippen molar-refractivity contribution in [2.75, 3.05) is 6.54 Å². The fraction of sp³-hybridized carbons (Fsp3) is 0.800. The molecular formula is C5H10N2O3. The first-order valence-corrected chi connectivity index (χ1v) is 3.09. The minimum Gasteiger partial charge on any atom is -0.368 e. The van der Waals surface area contributed by atoms with Crippen LogP contribution in [0.4, 0.5) is 4.79 Å². The summed E-state index contributed by atoms with van der Waals surface area (Å²) in [6.45, 7) is 0.469. The Morgan fingerprint density at radius 1 is 1.70 bits per heavy atom. The molecule has 0 saturated carbocycles. The number of aliphatic hydroxyl groups excluding tert-OH is 1. The van der Waals surface area contributed by atoms with Crippen molar-refractivity contribution in [1.29, 1.82) is 0 Å². The van der Waals surface area contributed by atoms with Crippen LogP contribution in [0.25, 0.3) is 0 Å². The Morgan fingerprint density at radius 2 is 2.40 bits per heavy atom. The van der Waals surface area contributed by atoms with Crippen molar-refractivity contribution < 1.29 is 15.0 Å². The van der Waals surface area contributed by atoms with Crippen LogP contribution in [0.3, 0.4) is 0 Å². The molecule has 1 aliphatic rings. The molecule has 1 aliphatic heterocycles. The lowest BCUT2D eigenvalue weighted by atomic mass is 10.2.